The van der Waals surface area contributed by atoms with E-state index in [4.69, 9.17) is 0 Å². The molecule has 9 heteroatoms. The Labute approximate surface area is 251 Å². The monoisotopic (exact) mass is 932 g/mol. The van der Waals surface area contributed by atoms with Gasteiger partial charge >= 0.3 is 95.6 Å². The molecule has 0 aromatic heterocycles. The third-order valence-electron chi connectivity index (χ3n) is 0. The zero-order valence-electron chi connectivity index (χ0n) is 5.72. The summed E-state index contributed by atoms with van der Waals surface area (Å²) >= 11 is 0. The molecule has 0 heterocycles. The largest absolute Gasteiger partial charge is 0 e. The van der Waals surface area contributed by atoms with Crippen molar-refractivity contribution in [3.63, 3.8) is 0 Å². The van der Waals surface area contributed by atoms with Crippen molar-refractivity contribution in [2.24, 2.45) is 0 Å². The van der Waals surface area contributed by atoms with Crippen molar-refractivity contribution in [2.45, 2.75) is 0 Å². The van der Waals surface area contributed by atoms with Gasteiger partial charge in [-0.2, -0.15) is 0 Å². The summed E-state index contributed by atoms with van der Waals surface area (Å²) in [5.74, 6) is 0. The smallest absolute Gasteiger partial charge is 0 e. The predicted molar refractivity (Wildman–Crippen MR) is 34.2 cm³/mol. The van der Waals surface area contributed by atoms with Crippen molar-refractivity contribution in [3.05, 3.63) is 0 Å². The molecule has 0 N–H and O–H groups in total. The molecule has 0 saturated heterocycles. The fourth-order valence-corrected chi connectivity index (χ4v) is 0. The summed E-state index contributed by atoms with van der Waals surface area (Å²) in [5, 5.41) is 0. The summed E-state index contributed by atoms with van der Waals surface area (Å²) in [4.78, 5) is 0. The molecule has 0 saturated carbocycles. The van der Waals surface area contributed by atoms with Gasteiger partial charge < -0.3 is 0 Å². The van der Waals surface area contributed by atoms with Crippen LogP contribution < -0.4 is 0 Å². The molecule has 0 aliphatic heterocycles. The molecule has 0 amide bonds. The fraction of sp³-hybridized carbons (Fsp3) is 0. The number of rotatable bonds is 0. The Balaban J connectivity index is 0. The van der Waals surface area contributed by atoms with Crippen molar-refractivity contribution in [1.82, 2.24) is 0 Å². The van der Waals surface area contributed by atoms with Gasteiger partial charge in [0.05, 0.1) is 0 Å². The maximum atomic E-state index is 0. The van der Waals surface area contributed by atoms with E-state index < -0.39 is 0 Å². The molecule has 0 nitrogen and oxygen atoms in total. The molecule has 0 aromatic carbocycles. The minimum atomic E-state index is 0. The van der Waals surface area contributed by atoms with E-state index in [1.807, 2.05) is 0 Å². The molecule has 0 spiro atoms. The van der Waals surface area contributed by atoms with Crippen LogP contribution in [-0.2, 0) is 164 Å². The van der Waals surface area contributed by atoms with Crippen LogP contribution in [0.15, 0.2) is 0 Å². The van der Waals surface area contributed by atoms with E-state index in [1.165, 1.54) is 0 Å². The maximum Gasteiger partial charge on any atom is 0 e. The van der Waals surface area contributed by atoms with E-state index in [0.29, 0.717) is 0 Å². The van der Waals surface area contributed by atoms with Crippen LogP contribution in [0.2, 0.25) is 0 Å². The van der Waals surface area contributed by atoms with Gasteiger partial charge in [-0.3, -0.25) is 0 Å². The van der Waals surface area contributed by atoms with E-state index in [1.54, 1.807) is 0 Å². The number of hydrogen-bond donors (Lipinski definition) is 0. The SMILES string of the molecule is [SnH2].[SnH2].[SnH2].[SnH2].[Y].[Y].[Y].[Y].[Y]. The van der Waals surface area contributed by atoms with Crippen LogP contribution in [0.4, 0.5) is 0 Å². The van der Waals surface area contributed by atoms with Crippen LogP contribution in [0, 0.1) is 0 Å². The Morgan fingerprint density at radius 3 is 0.222 bits per heavy atom. The van der Waals surface area contributed by atoms with Crippen LogP contribution in [0.3, 0.4) is 0 Å². The fourth-order valence-electron chi connectivity index (χ4n) is 0. The molecule has 13 radical (unpaired) electrons. The molecule has 39 valence electrons. The minimum Gasteiger partial charge on any atom is 0 e. The van der Waals surface area contributed by atoms with Gasteiger partial charge in [0, 0.05) is 164 Å². The minimum absolute atomic E-state index is 0. The normalized spacial score (nSPS) is 0. The topological polar surface area (TPSA) is 0 Å². The van der Waals surface area contributed by atoms with Gasteiger partial charge in [0.25, 0.3) is 0 Å². The average Bonchev–Trinajstić information content (AvgIpc) is 0. The Hall–Kier alpha value is 8.71. The van der Waals surface area contributed by atoms with E-state index in [0.717, 1.165) is 0 Å². The van der Waals surface area contributed by atoms with Gasteiger partial charge in [0.15, 0.2) is 0 Å². The summed E-state index contributed by atoms with van der Waals surface area (Å²) < 4.78 is 0. The second kappa shape index (κ2) is 54.4. The molecule has 0 fully saturated rings. The molecular formula is H8Sn4Y5. The third-order valence-corrected chi connectivity index (χ3v) is 0. The Bertz CT molecular complexity index is 8.92. The average molecular weight is 927 g/mol. The van der Waals surface area contributed by atoms with Crippen molar-refractivity contribution >= 4 is 95.6 Å². The molecule has 0 aromatic rings. The van der Waals surface area contributed by atoms with Gasteiger partial charge in [0.2, 0.25) is 0 Å². The zero-order valence-corrected chi connectivity index (χ0v) is 36.1. The van der Waals surface area contributed by atoms with Gasteiger partial charge in [0.1, 0.15) is 0 Å². The Morgan fingerprint density at radius 1 is 0.222 bits per heavy atom. The zero-order chi connectivity index (χ0) is 0. The third kappa shape index (κ3) is 47.7. The van der Waals surface area contributed by atoms with Gasteiger partial charge in [-0.1, -0.05) is 0 Å². The van der Waals surface area contributed by atoms with E-state index >= 15 is 0 Å². The first-order chi connectivity index (χ1) is 0. The molecule has 0 aliphatic carbocycles. The van der Waals surface area contributed by atoms with Crippen LogP contribution in [0.1, 0.15) is 0 Å². The molecule has 0 aliphatic rings. The first kappa shape index (κ1) is 65.2. The van der Waals surface area contributed by atoms with Gasteiger partial charge in [-0.05, 0) is 0 Å². The molecule has 0 unspecified atom stereocenters. The molecule has 9 heavy (non-hydrogen) atoms. The van der Waals surface area contributed by atoms with E-state index in [-0.39, 0.29) is 259 Å². The first-order valence-electron chi connectivity index (χ1n) is 0. The summed E-state index contributed by atoms with van der Waals surface area (Å²) in [5.41, 5.74) is 0. The van der Waals surface area contributed by atoms with E-state index in [9.17, 15) is 0 Å². The summed E-state index contributed by atoms with van der Waals surface area (Å²) in [6.07, 6.45) is 0. The van der Waals surface area contributed by atoms with Crippen LogP contribution in [0.25, 0.3) is 0 Å². The summed E-state index contributed by atoms with van der Waals surface area (Å²) in [6.45, 7) is 0. The van der Waals surface area contributed by atoms with Crippen molar-refractivity contribution in [2.75, 3.05) is 0 Å². The van der Waals surface area contributed by atoms with Gasteiger partial charge in [-0.15, -0.1) is 0 Å². The van der Waals surface area contributed by atoms with Gasteiger partial charge in [-0.25, -0.2) is 0 Å². The molecule has 0 atom stereocenters. The quantitative estimate of drug-likeness (QED) is 0.220. The van der Waals surface area contributed by atoms with Crippen LogP contribution >= 0.6 is 0 Å². The van der Waals surface area contributed by atoms with Crippen LogP contribution in [-0.4, -0.2) is 95.6 Å². The molecule has 0 rings (SSSR count). The van der Waals surface area contributed by atoms with Crippen molar-refractivity contribution in [1.29, 1.82) is 0 Å². The standard InChI is InChI=1S/4Sn.5Y.8H. The molecule has 0 bridgehead atoms. The maximum absolute atomic E-state index is 0. The number of hydrogen-bond acceptors (Lipinski definition) is 0. The molecular weight excluding hydrogens is 919 g/mol. The van der Waals surface area contributed by atoms with Crippen molar-refractivity contribution < 1.29 is 164 Å². The van der Waals surface area contributed by atoms with E-state index in [2.05, 4.69) is 0 Å². The Morgan fingerprint density at radius 2 is 0.222 bits per heavy atom. The first-order valence-corrected chi connectivity index (χ1v) is 0. The summed E-state index contributed by atoms with van der Waals surface area (Å²) in [7, 11) is 0. The summed E-state index contributed by atoms with van der Waals surface area (Å²) in [6, 6.07) is 0. The van der Waals surface area contributed by atoms with Crippen molar-refractivity contribution in [3.8, 4) is 0 Å². The predicted octanol–water partition coefficient (Wildman–Crippen LogP) is -3.68. The second-order valence-corrected chi connectivity index (χ2v) is 0. The second-order valence-electron chi connectivity index (χ2n) is 0. The Kier molecular flexibility index (Phi) is 394. The van der Waals surface area contributed by atoms with Crippen LogP contribution in [0.5, 0.6) is 0 Å².